The van der Waals surface area contributed by atoms with Gasteiger partial charge >= 0.3 is 5.97 Å². The summed E-state index contributed by atoms with van der Waals surface area (Å²) in [6, 6.07) is 15.8. The molecule has 1 aliphatic carbocycles. The van der Waals surface area contributed by atoms with Gasteiger partial charge in [0.15, 0.2) is 0 Å². The molecule has 1 saturated carbocycles. The molecule has 3 unspecified atom stereocenters. The number of hydrogen-bond donors (Lipinski definition) is 0. The van der Waals surface area contributed by atoms with E-state index >= 15 is 0 Å². The van der Waals surface area contributed by atoms with Gasteiger partial charge in [-0.05, 0) is 36.2 Å². The van der Waals surface area contributed by atoms with Crippen molar-refractivity contribution < 1.29 is 9.53 Å². The van der Waals surface area contributed by atoms with Gasteiger partial charge in [-0.2, -0.15) is 0 Å². The maximum absolute atomic E-state index is 12.5. The highest BCUT2D eigenvalue weighted by Gasteiger charge is 2.70. The van der Waals surface area contributed by atoms with Crippen LogP contribution in [0.2, 0.25) is 5.02 Å². The van der Waals surface area contributed by atoms with E-state index in [0.717, 1.165) is 22.5 Å². The van der Waals surface area contributed by atoms with E-state index in [0.29, 0.717) is 11.6 Å². The Labute approximate surface area is 146 Å². The molecule has 0 aromatic heterocycles. The van der Waals surface area contributed by atoms with Crippen LogP contribution in [-0.4, -0.2) is 18.3 Å². The number of hydrogen-bond acceptors (Lipinski definition) is 3. The topological polar surface area (TPSA) is 38.7 Å². The average molecular weight is 340 g/mol. The number of aliphatic imine (C=N–C) groups is 1. The monoisotopic (exact) mass is 339 g/mol. The highest BCUT2D eigenvalue weighted by atomic mass is 35.5. The van der Waals surface area contributed by atoms with E-state index in [9.17, 15) is 4.79 Å². The van der Waals surface area contributed by atoms with Gasteiger partial charge in [0.25, 0.3) is 0 Å². The van der Waals surface area contributed by atoms with Gasteiger partial charge in [0.2, 0.25) is 0 Å². The minimum absolute atomic E-state index is 0.0323. The van der Waals surface area contributed by atoms with E-state index in [-0.39, 0.29) is 23.2 Å². The molecule has 2 aromatic carbocycles. The second-order valence-electron chi connectivity index (χ2n) is 6.51. The normalized spacial score (nSPS) is 26.9. The Kier molecular flexibility index (Phi) is 3.50. The Balaban J connectivity index is 1.87. The molecule has 3 atom stereocenters. The minimum atomic E-state index is -0.306. The van der Waals surface area contributed by atoms with E-state index in [4.69, 9.17) is 21.3 Å². The molecule has 3 nitrogen and oxygen atoms in total. The van der Waals surface area contributed by atoms with Gasteiger partial charge in [-0.1, -0.05) is 48.9 Å². The lowest BCUT2D eigenvalue weighted by atomic mass is 9.87. The quantitative estimate of drug-likeness (QED) is 0.770. The zero-order valence-electron chi connectivity index (χ0n) is 13.6. The first kappa shape index (κ1) is 15.4. The number of nitrogens with zero attached hydrogens (tertiary/aromatic N) is 1. The fourth-order valence-corrected chi connectivity index (χ4v) is 4.16. The number of halogens is 1. The molecular formula is C20H18ClNO2. The van der Waals surface area contributed by atoms with Crippen molar-refractivity contribution in [1.82, 2.24) is 0 Å². The van der Waals surface area contributed by atoms with Gasteiger partial charge < -0.3 is 4.74 Å². The van der Waals surface area contributed by atoms with Crippen LogP contribution in [0, 0.1) is 11.8 Å². The molecule has 4 heteroatoms. The smallest absolute Gasteiger partial charge is 0.310 e. The zero-order chi connectivity index (χ0) is 16.9. The van der Waals surface area contributed by atoms with Crippen molar-refractivity contribution in [2.45, 2.75) is 19.3 Å². The molecule has 1 aliphatic heterocycles. The summed E-state index contributed by atoms with van der Waals surface area (Å²) in [6.07, 6.45) is 0. The summed E-state index contributed by atoms with van der Waals surface area (Å²) in [6.45, 7) is 4.34. The largest absolute Gasteiger partial charge is 0.466 e. The summed E-state index contributed by atoms with van der Waals surface area (Å²) in [7, 11) is 0. The van der Waals surface area contributed by atoms with Crippen LogP contribution in [0.1, 0.15) is 25.0 Å². The van der Waals surface area contributed by atoms with Gasteiger partial charge in [0, 0.05) is 16.4 Å². The molecule has 0 spiro atoms. The van der Waals surface area contributed by atoms with Crippen LogP contribution in [0.3, 0.4) is 0 Å². The van der Waals surface area contributed by atoms with Crippen molar-refractivity contribution in [3.8, 4) is 0 Å². The maximum Gasteiger partial charge on any atom is 0.310 e. The van der Waals surface area contributed by atoms with Gasteiger partial charge in [-0.3, -0.25) is 9.79 Å². The zero-order valence-corrected chi connectivity index (χ0v) is 14.4. The molecule has 2 aliphatic rings. The van der Waals surface area contributed by atoms with E-state index < -0.39 is 0 Å². The predicted molar refractivity (Wildman–Crippen MR) is 95.1 cm³/mol. The van der Waals surface area contributed by atoms with Crippen molar-refractivity contribution in [2.75, 3.05) is 6.61 Å². The predicted octanol–water partition coefficient (Wildman–Crippen LogP) is 4.54. The number of rotatable bonds is 3. The molecule has 24 heavy (non-hydrogen) atoms. The summed E-state index contributed by atoms with van der Waals surface area (Å²) >= 11 is 6.20. The molecule has 0 saturated heterocycles. The Morgan fingerprint density at radius 3 is 2.71 bits per heavy atom. The lowest BCUT2D eigenvalue weighted by Crippen LogP contribution is -2.17. The summed E-state index contributed by atoms with van der Waals surface area (Å²) in [4.78, 5) is 17.4. The van der Waals surface area contributed by atoms with E-state index in [2.05, 4.69) is 6.92 Å². The van der Waals surface area contributed by atoms with Crippen LogP contribution in [-0.2, 0) is 14.9 Å². The molecule has 0 N–H and O–H groups in total. The Morgan fingerprint density at radius 1 is 1.25 bits per heavy atom. The van der Waals surface area contributed by atoms with Crippen LogP contribution in [0.15, 0.2) is 53.5 Å². The van der Waals surface area contributed by atoms with Crippen molar-refractivity contribution >= 4 is 29.0 Å². The third-order valence-electron chi connectivity index (χ3n) is 5.20. The summed E-state index contributed by atoms with van der Waals surface area (Å²) in [5.41, 5.74) is 3.65. The van der Waals surface area contributed by atoms with Crippen LogP contribution in [0.4, 0.5) is 5.69 Å². The first-order chi connectivity index (χ1) is 11.6. The number of carbonyl (C=O) groups excluding carboxylic acids is 1. The highest BCUT2D eigenvalue weighted by molar-refractivity contribution is 6.30. The summed E-state index contributed by atoms with van der Waals surface area (Å²) < 4.78 is 5.33. The van der Waals surface area contributed by atoms with Crippen molar-refractivity contribution in [3.63, 3.8) is 0 Å². The van der Waals surface area contributed by atoms with Crippen LogP contribution in [0.5, 0.6) is 0 Å². The van der Waals surface area contributed by atoms with E-state index in [1.165, 1.54) is 0 Å². The van der Waals surface area contributed by atoms with E-state index in [1.807, 2.05) is 55.5 Å². The number of esters is 1. The standard InChI is InChI=1S/C20H18ClNO2/c1-3-24-19(23)17-16-18(12-7-5-4-6-8-12)22-15-10-9-13(21)11-14(15)20(16,17)2/h4-11,16-17H,3H2,1-2H3. The molecular weight excluding hydrogens is 322 g/mol. The molecule has 1 fully saturated rings. The fourth-order valence-electron chi connectivity index (χ4n) is 3.99. The first-order valence-electron chi connectivity index (χ1n) is 8.18. The van der Waals surface area contributed by atoms with Gasteiger partial charge in [0.05, 0.1) is 23.9 Å². The van der Waals surface area contributed by atoms with Gasteiger partial charge in [-0.15, -0.1) is 0 Å². The molecule has 4 rings (SSSR count). The highest BCUT2D eigenvalue weighted by Crippen LogP contribution is 2.65. The Morgan fingerprint density at radius 2 is 2.00 bits per heavy atom. The Bertz CT molecular complexity index is 846. The minimum Gasteiger partial charge on any atom is -0.466 e. The Hall–Kier alpha value is -2.13. The summed E-state index contributed by atoms with van der Waals surface area (Å²) in [5.74, 6) is -0.331. The third kappa shape index (κ3) is 2.11. The average Bonchev–Trinajstić information content (AvgIpc) is 3.23. The first-order valence-corrected chi connectivity index (χ1v) is 8.55. The van der Waals surface area contributed by atoms with Crippen molar-refractivity contribution in [3.05, 3.63) is 64.7 Å². The lowest BCUT2D eigenvalue weighted by Gasteiger charge is -2.21. The molecule has 2 aromatic rings. The van der Waals surface area contributed by atoms with Crippen LogP contribution >= 0.6 is 11.6 Å². The number of carbonyl (C=O) groups is 1. The van der Waals surface area contributed by atoms with Crippen LogP contribution in [0.25, 0.3) is 0 Å². The number of fused-ring (bicyclic) bond motifs is 3. The van der Waals surface area contributed by atoms with Crippen molar-refractivity contribution in [1.29, 1.82) is 0 Å². The number of ether oxygens (including phenoxy) is 1. The maximum atomic E-state index is 12.5. The van der Waals surface area contributed by atoms with Gasteiger partial charge in [-0.25, -0.2) is 0 Å². The fraction of sp³-hybridized carbons (Fsp3) is 0.300. The molecule has 0 radical (unpaired) electrons. The molecule has 122 valence electrons. The molecule has 1 heterocycles. The number of benzene rings is 2. The lowest BCUT2D eigenvalue weighted by molar-refractivity contribution is -0.145. The second kappa shape index (κ2) is 5.45. The SMILES string of the molecule is CCOC(=O)C1C2C(c3ccccc3)=Nc3ccc(Cl)cc3C12C. The van der Waals surface area contributed by atoms with Crippen molar-refractivity contribution in [2.24, 2.45) is 16.8 Å². The van der Waals surface area contributed by atoms with Crippen LogP contribution < -0.4 is 0 Å². The molecule has 0 bridgehead atoms. The van der Waals surface area contributed by atoms with Gasteiger partial charge in [0.1, 0.15) is 0 Å². The third-order valence-corrected chi connectivity index (χ3v) is 5.44. The van der Waals surface area contributed by atoms with E-state index in [1.54, 1.807) is 0 Å². The second-order valence-corrected chi connectivity index (χ2v) is 6.95. The summed E-state index contributed by atoms with van der Waals surface area (Å²) in [5, 5.41) is 0.668. The molecule has 0 amide bonds.